The highest BCUT2D eigenvalue weighted by Gasteiger charge is 2.19. The Bertz CT molecular complexity index is 577. The molecule has 0 saturated heterocycles. The number of halogens is 2. The Hall–Kier alpha value is -1.98. The van der Waals surface area contributed by atoms with Crippen LogP contribution in [0.3, 0.4) is 0 Å². The summed E-state index contributed by atoms with van der Waals surface area (Å²) in [6, 6.07) is 6.37. The third-order valence-corrected chi connectivity index (χ3v) is 3.83. The minimum atomic E-state index is -2.81. The Morgan fingerprint density at radius 1 is 1.10 bits per heavy atom. The van der Waals surface area contributed by atoms with Crippen LogP contribution in [0.2, 0.25) is 0 Å². The highest BCUT2D eigenvalue weighted by molar-refractivity contribution is 5.55. The van der Waals surface area contributed by atoms with Crippen LogP contribution in [0, 0.1) is 0 Å². The number of nitrogens with zero attached hydrogens (tertiary/aromatic N) is 2. The van der Waals surface area contributed by atoms with Crippen LogP contribution in [0.25, 0.3) is 11.4 Å². The maximum Gasteiger partial charge on any atom is 0.387 e. The number of aromatic nitrogens is 3. The molecule has 1 fully saturated rings. The van der Waals surface area contributed by atoms with Crippen molar-refractivity contribution in [3.05, 3.63) is 30.1 Å². The van der Waals surface area contributed by atoms with E-state index in [4.69, 9.17) is 0 Å². The number of hydrogen-bond acceptors (Lipinski definition) is 3. The number of hydrogen-bond donors (Lipinski definition) is 1. The first-order valence-corrected chi connectivity index (χ1v) is 7.20. The zero-order valence-electron chi connectivity index (χ0n) is 11.6. The van der Waals surface area contributed by atoms with Crippen molar-refractivity contribution in [2.75, 3.05) is 0 Å². The summed E-state index contributed by atoms with van der Waals surface area (Å²) < 4.78 is 28.5. The van der Waals surface area contributed by atoms with Gasteiger partial charge in [-0.25, -0.2) is 4.98 Å². The zero-order chi connectivity index (χ0) is 14.7. The standard InChI is InChI=1S/C15H17F2N3O/c16-15(17)21-12-8-6-11(7-9-12)14-18-13(19-20-14)10-4-2-1-3-5-10/h6-10,15H,1-5H2,(H,18,19,20). The van der Waals surface area contributed by atoms with Gasteiger partial charge in [0.2, 0.25) is 0 Å². The van der Waals surface area contributed by atoms with Gasteiger partial charge in [0.15, 0.2) is 5.82 Å². The maximum absolute atomic E-state index is 12.1. The van der Waals surface area contributed by atoms with Crippen molar-refractivity contribution < 1.29 is 13.5 Å². The predicted octanol–water partition coefficient (Wildman–Crippen LogP) is 4.12. The van der Waals surface area contributed by atoms with Gasteiger partial charge in [-0.3, -0.25) is 5.10 Å². The van der Waals surface area contributed by atoms with E-state index < -0.39 is 6.61 Å². The summed E-state index contributed by atoms with van der Waals surface area (Å²) in [5, 5.41) is 7.24. The lowest BCUT2D eigenvalue weighted by molar-refractivity contribution is -0.0498. The van der Waals surface area contributed by atoms with E-state index in [2.05, 4.69) is 19.9 Å². The first kappa shape index (κ1) is 14.0. The molecule has 1 saturated carbocycles. The van der Waals surface area contributed by atoms with E-state index in [0.717, 1.165) is 24.2 Å². The van der Waals surface area contributed by atoms with Gasteiger partial charge in [-0.15, -0.1) is 0 Å². The normalized spacial score (nSPS) is 16.3. The Morgan fingerprint density at radius 3 is 2.48 bits per heavy atom. The van der Waals surface area contributed by atoms with Crippen molar-refractivity contribution in [3.63, 3.8) is 0 Å². The lowest BCUT2D eigenvalue weighted by atomic mass is 9.89. The molecule has 0 atom stereocenters. The fraction of sp³-hybridized carbons (Fsp3) is 0.467. The molecule has 0 unspecified atom stereocenters. The largest absolute Gasteiger partial charge is 0.435 e. The molecule has 0 bridgehead atoms. The number of alkyl halides is 2. The Morgan fingerprint density at radius 2 is 1.81 bits per heavy atom. The first-order chi connectivity index (χ1) is 10.2. The molecule has 0 spiro atoms. The molecule has 112 valence electrons. The lowest BCUT2D eigenvalue weighted by Crippen LogP contribution is -2.06. The van der Waals surface area contributed by atoms with Crippen molar-refractivity contribution >= 4 is 0 Å². The lowest BCUT2D eigenvalue weighted by Gasteiger charge is -2.18. The summed E-state index contributed by atoms with van der Waals surface area (Å²) in [5.41, 5.74) is 0.787. The molecule has 1 aromatic carbocycles. The number of rotatable bonds is 4. The molecule has 21 heavy (non-hydrogen) atoms. The summed E-state index contributed by atoms with van der Waals surface area (Å²) >= 11 is 0. The number of H-pyrrole nitrogens is 1. The van der Waals surface area contributed by atoms with Gasteiger partial charge in [0.05, 0.1) is 0 Å². The van der Waals surface area contributed by atoms with Gasteiger partial charge in [-0.05, 0) is 37.1 Å². The molecule has 0 amide bonds. The van der Waals surface area contributed by atoms with Crippen LogP contribution in [0.4, 0.5) is 8.78 Å². The van der Waals surface area contributed by atoms with Crippen LogP contribution in [0.5, 0.6) is 5.75 Å². The molecular weight excluding hydrogens is 276 g/mol. The van der Waals surface area contributed by atoms with Crippen LogP contribution in [-0.4, -0.2) is 21.8 Å². The smallest absolute Gasteiger partial charge is 0.387 e. The number of aromatic amines is 1. The van der Waals surface area contributed by atoms with E-state index >= 15 is 0 Å². The van der Waals surface area contributed by atoms with Crippen molar-refractivity contribution in [1.29, 1.82) is 0 Å². The average Bonchev–Trinajstić information content (AvgIpc) is 2.98. The second-order valence-electron chi connectivity index (χ2n) is 5.28. The van der Waals surface area contributed by atoms with Crippen LogP contribution in [-0.2, 0) is 0 Å². The summed E-state index contributed by atoms with van der Waals surface area (Å²) in [7, 11) is 0. The molecular formula is C15H17F2N3O. The zero-order valence-corrected chi connectivity index (χ0v) is 11.6. The molecule has 0 aliphatic heterocycles. The SMILES string of the molecule is FC(F)Oc1ccc(-c2n[nH]c(C3CCCCC3)n2)cc1. The highest BCUT2D eigenvalue weighted by atomic mass is 19.3. The van der Waals surface area contributed by atoms with E-state index in [0.29, 0.717) is 11.7 Å². The van der Waals surface area contributed by atoms with Crippen molar-refractivity contribution in [3.8, 4) is 17.1 Å². The Labute approximate surface area is 121 Å². The molecule has 1 heterocycles. The van der Waals surface area contributed by atoms with Gasteiger partial charge in [0.1, 0.15) is 11.6 Å². The quantitative estimate of drug-likeness (QED) is 0.922. The van der Waals surface area contributed by atoms with Crippen molar-refractivity contribution in [2.24, 2.45) is 0 Å². The second-order valence-corrected chi connectivity index (χ2v) is 5.28. The van der Waals surface area contributed by atoms with Gasteiger partial charge in [-0.1, -0.05) is 19.3 Å². The Balaban J connectivity index is 1.73. The van der Waals surface area contributed by atoms with Gasteiger partial charge in [0, 0.05) is 11.5 Å². The minimum absolute atomic E-state index is 0.136. The molecule has 0 radical (unpaired) electrons. The third-order valence-electron chi connectivity index (χ3n) is 3.83. The summed E-state index contributed by atoms with van der Waals surface area (Å²) in [6.45, 7) is -2.81. The predicted molar refractivity (Wildman–Crippen MR) is 74.3 cm³/mol. The topological polar surface area (TPSA) is 50.8 Å². The minimum Gasteiger partial charge on any atom is -0.435 e. The first-order valence-electron chi connectivity index (χ1n) is 7.20. The fourth-order valence-corrected chi connectivity index (χ4v) is 2.75. The number of nitrogens with one attached hydrogen (secondary N) is 1. The van der Waals surface area contributed by atoms with Gasteiger partial charge < -0.3 is 4.74 Å². The van der Waals surface area contributed by atoms with Crippen LogP contribution in [0.15, 0.2) is 24.3 Å². The fourth-order valence-electron chi connectivity index (χ4n) is 2.75. The number of ether oxygens (including phenoxy) is 1. The van der Waals surface area contributed by atoms with Crippen molar-refractivity contribution in [2.45, 2.75) is 44.6 Å². The summed E-state index contributed by atoms with van der Waals surface area (Å²) in [4.78, 5) is 4.54. The van der Waals surface area contributed by atoms with Crippen LogP contribution >= 0.6 is 0 Å². The monoisotopic (exact) mass is 293 g/mol. The van der Waals surface area contributed by atoms with E-state index in [9.17, 15) is 8.78 Å². The van der Waals surface area contributed by atoms with E-state index in [1.165, 1.54) is 31.4 Å². The molecule has 1 aliphatic carbocycles. The molecule has 1 aromatic heterocycles. The van der Waals surface area contributed by atoms with Gasteiger partial charge in [-0.2, -0.15) is 13.9 Å². The molecule has 4 nitrogen and oxygen atoms in total. The summed E-state index contributed by atoms with van der Waals surface area (Å²) in [6.07, 6.45) is 6.06. The molecule has 2 aromatic rings. The van der Waals surface area contributed by atoms with E-state index in [1.54, 1.807) is 12.1 Å². The average molecular weight is 293 g/mol. The van der Waals surface area contributed by atoms with Gasteiger partial charge in [0.25, 0.3) is 0 Å². The van der Waals surface area contributed by atoms with E-state index in [-0.39, 0.29) is 5.75 Å². The number of benzene rings is 1. The van der Waals surface area contributed by atoms with Gasteiger partial charge >= 0.3 is 6.61 Å². The van der Waals surface area contributed by atoms with Crippen molar-refractivity contribution in [1.82, 2.24) is 15.2 Å². The van der Waals surface area contributed by atoms with Crippen LogP contribution in [0.1, 0.15) is 43.8 Å². The molecule has 1 aliphatic rings. The molecule has 3 rings (SSSR count). The van der Waals surface area contributed by atoms with E-state index in [1.807, 2.05) is 0 Å². The third kappa shape index (κ3) is 3.37. The highest BCUT2D eigenvalue weighted by Crippen LogP contribution is 2.31. The maximum atomic E-state index is 12.1. The van der Waals surface area contributed by atoms with Crippen LogP contribution < -0.4 is 4.74 Å². The molecule has 1 N–H and O–H groups in total. The second kappa shape index (κ2) is 6.20. The summed E-state index contributed by atoms with van der Waals surface area (Å²) in [5.74, 6) is 2.12. The Kier molecular flexibility index (Phi) is 4.13. The molecule has 6 heteroatoms.